The molecule has 20 heteroatoms. The van der Waals surface area contributed by atoms with Crippen LogP contribution in [-0.2, 0) is 23.7 Å². The number of nitrogens with one attached hydrogen (secondary N) is 1. The highest BCUT2D eigenvalue weighted by molar-refractivity contribution is 9.09. The van der Waals surface area contributed by atoms with Gasteiger partial charge in [-0.15, -0.1) is 0 Å². The van der Waals surface area contributed by atoms with Crippen LogP contribution in [-0.4, -0.2) is 185 Å². The number of carbonyl (C=O) groups excluding carboxylic acids is 3. The van der Waals surface area contributed by atoms with E-state index in [1.165, 1.54) is 12.4 Å². The monoisotopic (exact) mass is 973 g/mol. The third kappa shape index (κ3) is 12.4. The van der Waals surface area contributed by atoms with Crippen molar-refractivity contribution in [3.63, 3.8) is 0 Å². The molecule has 0 radical (unpaired) electrons. The number of halogens is 2. The van der Waals surface area contributed by atoms with Crippen LogP contribution < -0.4 is 16.1 Å². The summed E-state index contributed by atoms with van der Waals surface area (Å²) in [6.45, 7) is 24.2. The molecule has 4 N–H and O–H groups in total. The molecule has 3 saturated carbocycles. The summed E-state index contributed by atoms with van der Waals surface area (Å²) in [6.07, 6.45) is 2.53. The second-order valence-corrected chi connectivity index (χ2v) is 19.6. The zero-order chi connectivity index (χ0) is 43.4. The third-order valence-corrected chi connectivity index (χ3v) is 12.9. The highest BCUT2D eigenvalue weighted by Gasteiger charge is 2.60. The number of fused-ring (bicyclic) bond motifs is 3. The molecule has 6 atom stereocenters. The van der Waals surface area contributed by atoms with Crippen LogP contribution in [0.3, 0.4) is 0 Å². The molecule has 6 unspecified atom stereocenters. The van der Waals surface area contributed by atoms with Gasteiger partial charge in [-0.1, -0.05) is 31.9 Å². The number of carbonyl (C=O) groups is 3. The average Bonchev–Trinajstić information content (AvgIpc) is 4.01. The summed E-state index contributed by atoms with van der Waals surface area (Å²) >= 11 is 6.11. The standard InChI is InChI=1S/C14H19N5O3.C14H24N2O3.C10H18N2O2.C2H4Br2O/c20-13(17-21)9-5-15-14(16-6-9)19-7-10-11(8-19)12(10)18-1-3-22-4-2-18;1-14(2,3)19-13(17)16-8-10-11(9-16)12(10)15-4-6-18-7-5-15;1-10(2,3)14-9(13)12-4-6-7(5-12)8(6)11;3-1-5-2-4/h5-6,10-12,21H,1-4,7-8H2,(H,17,20);10-12H,4-9H2,1-3H3;6-8H,4-5,11H2,1-3H3;1-2H2. The van der Waals surface area contributed by atoms with Gasteiger partial charge < -0.3 is 44.1 Å². The van der Waals surface area contributed by atoms with Crippen LogP contribution >= 0.6 is 31.9 Å². The van der Waals surface area contributed by atoms with Gasteiger partial charge >= 0.3 is 12.2 Å². The average molecular weight is 976 g/mol. The van der Waals surface area contributed by atoms with E-state index >= 15 is 0 Å². The molecule has 0 bridgehead atoms. The van der Waals surface area contributed by atoms with Crippen molar-refractivity contribution >= 4 is 55.9 Å². The molecule has 3 aliphatic carbocycles. The molecule has 9 rings (SSSR count). The number of morpholine rings is 2. The van der Waals surface area contributed by atoms with E-state index in [0.29, 0.717) is 70.6 Å². The van der Waals surface area contributed by atoms with Crippen molar-refractivity contribution in [2.45, 2.75) is 70.9 Å². The van der Waals surface area contributed by atoms with Crippen molar-refractivity contribution in [3.8, 4) is 0 Å². The van der Waals surface area contributed by atoms with E-state index < -0.39 is 17.1 Å². The molecule has 6 heterocycles. The van der Waals surface area contributed by atoms with Gasteiger partial charge in [-0.3, -0.25) is 19.8 Å². The lowest BCUT2D eigenvalue weighted by Gasteiger charge is -2.31. The molecule has 338 valence electrons. The number of hydrogen-bond acceptors (Lipinski definition) is 15. The lowest BCUT2D eigenvalue weighted by molar-refractivity contribution is 0.0150. The highest BCUT2D eigenvalue weighted by atomic mass is 79.9. The summed E-state index contributed by atoms with van der Waals surface area (Å²) in [7, 11) is 0. The number of alkyl halides is 2. The topological polar surface area (TPSA) is 198 Å². The van der Waals surface area contributed by atoms with E-state index in [4.69, 9.17) is 29.9 Å². The molecule has 1 aromatic rings. The number of hydroxylamine groups is 1. The van der Waals surface area contributed by atoms with Crippen LogP contribution in [0.4, 0.5) is 15.5 Å². The number of aromatic nitrogens is 2. The molecule has 5 saturated heterocycles. The van der Waals surface area contributed by atoms with E-state index in [0.717, 1.165) is 91.9 Å². The molecule has 8 aliphatic rings. The maximum absolute atomic E-state index is 12.0. The number of hydrogen-bond donors (Lipinski definition) is 3. The van der Waals surface area contributed by atoms with Gasteiger partial charge in [-0.25, -0.2) is 25.0 Å². The van der Waals surface area contributed by atoms with Crippen molar-refractivity contribution < 1.29 is 43.3 Å². The van der Waals surface area contributed by atoms with Gasteiger partial charge in [-0.05, 0) is 77.0 Å². The predicted molar refractivity (Wildman–Crippen MR) is 229 cm³/mol. The van der Waals surface area contributed by atoms with Crippen molar-refractivity contribution in [2.24, 2.45) is 41.2 Å². The van der Waals surface area contributed by atoms with Gasteiger partial charge in [0.25, 0.3) is 5.91 Å². The van der Waals surface area contributed by atoms with E-state index in [1.807, 2.05) is 46.4 Å². The lowest BCUT2D eigenvalue weighted by atomic mass is 10.2. The van der Waals surface area contributed by atoms with Gasteiger partial charge in [0.2, 0.25) is 5.95 Å². The minimum atomic E-state index is -0.594. The normalized spacial score (nSPS) is 31.4. The molecule has 0 spiro atoms. The van der Waals surface area contributed by atoms with Gasteiger partial charge in [0.05, 0.1) is 32.0 Å². The second-order valence-electron chi connectivity index (χ2n) is 18.6. The minimum Gasteiger partial charge on any atom is -0.444 e. The highest BCUT2D eigenvalue weighted by Crippen LogP contribution is 2.50. The summed E-state index contributed by atoms with van der Waals surface area (Å²) in [4.78, 5) is 54.2. The fourth-order valence-corrected chi connectivity index (χ4v) is 9.96. The lowest BCUT2D eigenvalue weighted by Crippen LogP contribution is -2.43. The Morgan fingerprint density at radius 2 is 1.10 bits per heavy atom. The van der Waals surface area contributed by atoms with Crippen molar-refractivity contribution in [3.05, 3.63) is 18.0 Å². The van der Waals surface area contributed by atoms with E-state index in [1.54, 1.807) is 10.4 Å². The van der Waals surface area contributed by atoms with Gasteiger partial charge in [0, 0.05) is 96.0 Å². The fraction of sp³-hybridized carbons (Fsp3) is 0.825. The Hall–Kier alpha value is -2.43. The first-order chi connectivity index (χ1) is 28.5. The first-order valence-corrected chi connectivity index (χ1v) is 23.3. The number of nitrogens with two attached hydrogens (primary N) is 1. The molecular formula is C40H65Br2N9O9. The molecule has 3 amide bonds. The fourth-order valence-electron chi connectivity index (χ4n) is 9.21. The van der Waals surface area contributed by atoms with Crippen LogP contribution in [0.2, 0.25) is 0 Å². The predicted octanol–water partition coefficient (Wildman–Crippen LogP) is 3.06. The number of piperidine rings is 3. The van der Waals surface area contributed by atoms with Gasteiger partial charge in [0.1, 0.15) is 22.2 Å². The summed E-state index contributed by atoms with van der Waals surface area (Å²) in [6, 6.07) is 1.70. The molecule has 60 heavy (non-hydrogen) atoms. The zero-order valence-electron chi connectivity index (χ0n) is 35.8. The Kier molecular flexibility index (Phi) is 16.0. The number of rotatable bonds is 6. The van der Waals surface area contributed by atoms with Crippen molar-refractivity contribution in [2.75, 3.05) is 108 Å². The quantitative estimate of drug-likeness (QED) is 0.214. The van der Waals surface area contributed by atoms with Crippen molar-refractivity contribution in [1.29, 1.82) is 0 Å². The first-order valence-electron chi connectivity index (χ1n) is 21.1. The Labute approximate surface area is 370 Å². The summed E-state index contributed by atoms with van der Waals surface area (Å²) in [5.74, 6) is 3.83. The summed E-state index contributed by atoms with van der Waals surface area (Å²) in [5.41, 5.74) is 8.04. The number of anilines is 1. The Morgan fingerprint density at radius 1 is 0.717 bits per heavy atom. The SMILES string of the molecule is BrCOCBr.CC(C)(C)OC(=O)N1CC2C(C1)C2N1CCOCC1.CC(C)(C)OC(=O)N1CC2C(N)C2C1.O=C(NO)c1cnc(N2CC3C(C2)C3N2CCOCC2)nc1. The number of amides is 3. The molecule has 18 nitrogen and oxygen atoms in total. The third-order valence-electron chi connectivity index (χ3n) is 12.2. The molecule has 8 fully saturated rings. The largest absolute Gasteiger partial charge is 0.444 e. The Bertz CT molecular complexity index is 1550. The van der Waals surface area contributed by atoms with E-state index in [-0.39, 0.29) is 17.7 Å². The summed E-state index contributed by atoms with van der Waals surface area (Å²) in [5, 5.41) is 8.58. The maximum Gasteiger partial charge on any atom is 0.410 e. The number of likely N-dealkylation sites (tertiary alicyclic amines) is 2. The van der Waals surface area contributed by atoms with Crippen molar-refractivity contribution in [1.82, 2.24) is 35.0 Å². The maximum atomic E-state index is 12.0. The van der Waals surface area contributed by atoms with Crippen LogP contribution in [0, 0.1) is 35.5 Å². The van der Waals surface area contributed by atoms with Gasteiger partial charge in [-0.2, -0.15) is 0 Å². The van der Waals surface area contributed by atoms with Crippen LogP contribution in [0.15, 0.2) is 12.4 Å². The van der Waals surface area contributed by atoms with Gasteiger partial charge in [0.15, 0.2) is 0 Å². The molecular weight excluding hydrogens is 910 g/mol. The molecule has 1 aromatic heterocycles. The zero-order valence-corrected chi connectivity index (χ0v) is 39.0. The Morgan fingerprint density at radius 3 is 1.45 bits per heavy atom. The number of ether oxygens (including phenoxy) is 5. The van der Waals surface area contributed by atoms with Crippen LogP contribution in [0.5, 0.6) is 0 Å². The number of nitrogens with zero attached hydrogens (tertiary/aromatic N) is 7. The van der Waals surface area contributed by atoms with E-state index in [2.05, 4.69) is 61.3 Å². The first kappa shape index (κ1) is 47.1. The second kappa shape index (κ2) is 20.4. The molecule has 5 aliphatic heterocycles. The van der Waals surface area contributed by atoms with E-state index in [9.17, 15) is 14.4 Å². The summed E-state index contributed by atoms with van der Waals surface area (Å²) < 4.78 is 26.2. The van der Waals surface area contributed by atoms with Crippen LogP contribution in [0.25, 0.3) is 0 Å². The minimum absolute atomic E-state index is 0.152. The Balaban J connectivity index is 0.000000146. The smallest absolute Gasteiger partial charge is 0.410 e. The molecule has 0 aromatic carbocycles. The van der Waals surface area contributed by atoms with Crippen LogP contribution in [0.1, 0.15) is 51.9 Å².